The fourth-order valence-corrected chi connectivity index (χ4v) is 2.43. The van der Waals surface area contributed by atoms with E-state index in [1.807, 2.05) is 42.1 Å². The largest absolute Gasteiger partial charge is 0.497 e. The van der Waals surface area contributed by atoms with Gasteiger partial charge in [0.1, 0.15) is 11.6 Å². The molecule has 0 atom stereocenters. The van der Waals surface area contributed by atoms with Crippen molar-refractivity contribution in [1.82, 2.24) is 19.3 Å². The van der Waals surface area contributed by atoms with Crippen molar-refractivity contribution in [2.45, 2.75) is 6.42 Å². The second-order valence-corrected chi connectivity index (χ2v) is 4.88. The van der Waals surface area contributed by atoms with Crippen LogP contribution in [0.25, 0.3) is 16.9 Å². The van der Waals surface area contributed by atoms with Crippen molar-refractivity contribution in [3.63, 3.8) is 0 Å². The van der Waals surface area contributed by atoms with Crippen LogP contribution in [-0.4, -0.2) is 32.3 Å². The molecule has 5 nitrogen and oxygen atoms in total. The molecule has 0 bridgehead atoms. The molecule has 6 heteroatoms. The Bertz CT molecular complexity index is 747. The van der Waals surface area contributed by atoms with E-state index in [0.29, 0.717) is 12.3 Å². The molecule has 0 saturated heterocycles. The van der Waals surface area contributed by atoms with Crippen LogP contribution >= 0.6 is 11.6 Å². The molecule has 0 saturated carbocycles. The first kappa shape index (κ1) is 13.0. The first-order valence-corrected chi connectivity index (χ1v) is 6.87. The highest BCUT2D eigenvalue weighted by Crippen LogP contribution is 2.25. The number of halogens is 1. The Morgan fingerprint density at radius 1 is 1.30 bits per heavy atom. The molecule has 1 aromatic carbocycles. The quantitative estimate of drug-likeness (QED) is 0.694. The molecule has 3 aromatic rings. The summed E-state index contributed by atoms with van der Waals surface area (Å²) in [4.78, 5) is 4.64. The van der Waals surface area contributed by atoms with E-state index in [0.717, 1.165) is 28.4 Å². The molecule has 0 radical (unpaired) electrons. The fourth-order valence-electron chi connectivity index (χ4n) is 2.26. The summed E-state index contributed by atoms with van der Waals surface area (Å²) in [5.41, 5.74) is 1.89. The molecule has 0 amide bonds. The maximum Gasteiger partial charge on any atom is 0.160 e. The third-order valence-electron chi connectivity index (χ3n) is 3.18. The third-order valence-corrected chi connectivity index (χ3v) is 3.37. The van der Waals surface area contributed by atoms with Crippen LogP contribution in [0.1, 0.15) is 5.82 Å². The Morgan fingerprint density at radius 3 is 2.80 bits per heavy atom. The summed E-state index contributed by atoms with van der Waals surface area (Å²) in [6, 6.07) is 7.78. The Kier molecular flexibility index (Phi) is 3.36. The number of hydrogen-bond donors (Lipinski definition) is 0. The monoisotopic (exact) mass is 290 g/mol. The highest BCUT2D eigenvalue weighted by Gasteiger charge is 2.14. The minimum atomic E-state index is 0.521. The van der Waals surface area contributed by atoms with Crippen molar-refractivity contribution in [3.8, 4) is 11.6 Å². The van der Waals surface area contributed by atoms with Gasteiger partial charge in [0.2, 0.25) is 0 Å². The highest BCUT2D eigenvalue weighted by atomic mass is 35.5. The summed E-state index contributed by atoms with van der Waals surface area (Å²) in [6.07, 6.45) is 2.60. The molecular formula is C14H15ClN4O. The van der Waals surface area contributed by atoms with Gasteiger partial charge in [-0.25, -0.2) is 4.98 Å². The average Bonchev–Trinajstić information content (AvgIpc) is 3.01. The van der Waals surface area contributed by atoms with Crippen LogP contribution in [0.15, 0.2) is 30.5 Å². The van der Waals surface area contributed by atoms with Gasteiger partial charge in [-0.3, -0.25) is 9.25 Å². The topological polar surface area (TPSA) is 44.9 Å². The average molecular weight is 291 g/mol. The van der Waals surface area contributed by atoms with Crippen molar-refractivity contribution >= 4 is 22.6 Å². The molecule has 2 heterocycles. The van der Waals surface area contributed by atoms with E-state index in [9.17, 15) is 0 Å². The lowest BCUT2D eigenvalue weighted by Crippen LogP contribution is -2.03. The minimum Gasteiger partial charge on any atom is -0.497 e. The van der Waals surface area contributed by atoms with Crippen LogP contribution < -0.4 is 4.74 Å². The summed E-state index contributed by atoms with van der Waals surface area (Å²) in [5, 5.41) is 4.46. The summed E-state index contributed by atoms with van der Waals surface area (Å²) in [6.45, 7) is 0. The number of benzene rings is 1. The van der Waals surface area contributed by atoms with Gasteiger partial charge in [0.05, 0.1) is 18.1 Å². The number of aryl methyl sites for hydroxylation is 2. The fraction of sp³-hybridized carbons (Fsp3) is 0.286. The molecule has 20 heavy (non-hydrogen) atoms. The van der Waals surface area contributed by atoms with E-state index in [-0.39, 0.29) is 0 Å². The van der Waals surface area contributed by atoms with Crippen LogP contribution in [0.3, 0.4) is 0 Å². The summed E-state index contributed by atoms with van der Waals surface area (Å²) < 4.78 is 9.09. The maximum absolute atomic E-state index is 5.88. The van der Waals surface area contributed by atoms with Gasteiger partial charge in [0.25, 0.3) is 0 Å². The molecule has 2 aromatic heterocycles. The number of aromatic nitrogens is 4. The predicted octanol–water partition coefficient (Wildman–Crippen LogP) is 2.55. The van der Waals surface area contributed by atoms with Crippen LogP contribution in [0.5, 0.6) is 5.75 Å². The van der Waals surface area contributed by atoms with Crippen molar-refractivity contribution in [1.29, 1.82) is 0 Å². The molecule has 0 aliphatic carbocycles. The standard InChI is InChI=1S/C14H15ClN4O/c1-18-8-6-14(17-18)19-12-9-10(20-2)3-4-11(12)16-13(19)5-7-15/h3-4,6,8-9H,5,7H2,1-2H3. The Labute approximate surface area is 121 Å². The number of imidazole rings is 1. The molecule has 104 valence electrons. The zero-order chi connectivity index (χ0) is 14.1. The van der Waals surface area contributed by atoms with Gasteiger partial charge in [-0.1, -0.05) is 0 Å². The van der Waals surface area contributed by atoms with Crippen LogP contribution in [0, 0.1) is 0 Å². The van der Waals surface area contributed by atoms with E-state index in [1.54, 1.807) is 11.8 Å². The van der Waals surface area contributed by atoms with Gasteiger partial charge in [-0.05, 0) is 12.1 Å². The first-order chi connectivity index (χ1) is 9.72. The number of hydrogen-bond acceptors (Lipinski definition) is 3. The molecule has 0 fully saturated rings. The van der Waals surface area contributed by atoms with Crippen molar-refractivity contribution in [3.05, 3.63) is 36.3 Å². The van der Waals surface area contributed by atoms with E-state index in [4.69, 9.17) is 16.3 Å². The number of ether oxygens (including phenoxy) is 1. The lowest BCUT2D eigenvalue weighted by Gasteiger charge is -2.05. The number of nitrogens with zero attached hydrogens (tertiary/aromatic N) is 4. The molecule has 3 rings (SSSR count). The van der Waals surface area contributed by atoms with E-state index in [1.165, 1.54) is 0 Å². The highest BCUT2D eigenvalue weighted by molar-refractivity contribution is 6.17. The zero-order valence-electron chi connectivity index (χ0n) is 11.4. The predicted molar refractivity (Wildman–Crippen MR) is 78.8 cm³/mol. The van der Waals surface area contributed by atoms with Crippen molar-refractivity contribution < 1.29 is 4.74 Å². The maximum atomic E-state index is 5.88. The first-order valence-electron chi connectivity index (χ1n) is 6.34. The molecule has 0 N–H and O–H groups in total. The van der Waals surface area contributed by atoms with E-state index in [2.05, 4.69) is 10.1 Å². The molecule has 0 aliphatic rings. The molecule has 0 spiro atoms. The minimum absolute atomic E-state index is 0.521. The normalized spacial score (nSPS) is 11.2. The zero-order valence-corrected chi connectivity index (χ0v) is 12.1. The lowest BCUT2D eigenvalue weighted by molar-refractivity contribution is 0.415. The van der Waals surface area contributed by atoms with Crippen molar-refractivity contribution in [2.75, 3.05) is 13.0 Å². The molecule has 0 aliphatic heterocycles. The van der Waals surface area contributed by atoms with Gasteiger partial charge < -0.3 is 4.74 Å². The van der Waals surface area contributed by atoms with Crippen LogP contribution in [0.2, 0.25) is 0 Å². The number of fused-ring (bicyclic) bond motifs is 1. The van der Waals surface area contributed by atoms with E-state index >= 15 is 0 Å². The smallest absolute Gasteiger partial charge is 0.160 e. The number of alkyl halides is 1. The SMILES string of the molecule is COc1ccc2nc(CCCl)n(-c3ccn(C)n3)c2c1. The second kappa shape index (κ2) is 5.17. The van der Waals surface area contributed by atoms with Gasteiger partial charge in [-0.2, -0.15) is 5.10 Å². The van der Waals surface area contributed by atoms with Gasteiger partial charge >= 0.3 is 0 Å². The Morgan fingerprint density at radius 2 is 2.15 bits per heavy atom. The Hall–Kier alpha value is -2.01. The van der Waals surface area contributed by atoms with E-state index < -0.39 is 0 Å². The van der Waals surface area contributed by atoms with Gasteiger partial charge in [-0.15, -0.1) is 11.6 Å². The third kappa shape index (κ3) is 2.14. The summed E-state index contributed by atoms with van der Waals surface area (Å²) >= 11 is 5.88. The summed E-state index contributed by atoms with van der Waals surface area (Å²) in [7, 11) is 3.55. The van der Waals surface area contributed by atoms with Crippen LogP contribution in [0.4, 0.5) is 0 Å². The molecule has 0 unspecified atom stereocenters. The van der Waals surface area contributed by atoms with Crippen molar-refractivity contribution in [2.24, 2.45) is 7.05 Å². The number of rotatable bonds is 4. The lowest BCUT2D eigenvalue weighted by atomic mass is 10.3. The molecular weight excluding hydrogens is 276 g/mol. The Balaban J connectivity index is 2.26. The summed E-state index contributed by atoms with van der Waals surface area (Å²) in [5.74, 6) is 3.06. The second-order valence-electron chi connectivity index (χ2n) is 4.50. The van der Waals surface area contributed by atoms with Crippen LogP contribution in [-0.2, 0) is 13.5 Å². The van der Waals surface area contributed by atoms with Gasteiger partial charge in [0, 0.05) is 37.7 Å². The number of methoxy groups -OCH3 is 1. The van der Waals surface area contributed by atoms with Gasteiger partial charge in [0.15, 0.2) is 5.82 Å².